The highest BCUT2D eigenvalue weighted by atomic mass is 32.1. The Labute approximate surface area is 168 Å². The van der Waals surface area contributed by atoms with Crippen LogP contribution >= 0.6 is 11.3 Å². The number of nitro benzene ring substituents is 1. The maximum absolute atomic E-state index is 12.0. The second-order valence-electron chi connectivity index (χ2n) is 5.55. The van der Waals surface area contributed by atoms with Crippen molar-refractivity contribution >= 4 is 40.2 Å². The number of thiazole rings is 1. The molecule has 3 N–H and O–H groups in total. The van der Waals surface area contributed by atoms with Gasteiger partial charge >= 0.3 is 5.97 Å². The summed E-state index contributed by atoms with van der Waals surface area (Å²) in [6.07, 6.45) is 1.56. The minimum atomic E-state index is -0.742. The number of nitro groups is 1. The number of nitrogen functional groups attached to an aromatic ring is 1. The predicted molar refractivity (Wildman–Crippen MR) is 109 cm³/mol. The van der Waals surface area contributed by atoms with Gasteiger partial charge in [0.1, 0.15) is 22.9 Å². The smallest absolute Gasteiger partial charge is 0.341 e. The number of benzene rings is 2. The molecular formula is C18H15N5O5S. The van der Waals surface area contributed by atoms with Gasteiger partial charge in [0.05, 0.1) is 18.2 Å². The van der Waals surface area contributed by atoms with Gasteiger partial charge in [-0.05, 0) is 23.8 Å². The van der Waals surface area contributed by atoms with Gasteiger partial charge < -0.3 is 15.2 Å². The van der Waals surface area contributed by atoms with Crippen LogP contribution in [0.15, 0.2) is 52.9 Å². The number of non-ortho nitro benzene ring substituents is 1. The van der Waals surface area contributed by atoms with Gasteiger partial charge in [0.2, 0.25) is 5.13 Å². The van der Waals surface area contributed by atoms with E-state index in [9.17, 15) is 14.9 Å². The molecule has 2 aromatic carbocycles. The van der Waals surface area contributed by atoms with Crippen LogP contribution in [0.2, 0.25) is 0 Å². The summed E-state index contributed by atoms with van der Waals surface area (Å²) in [5.41, 5.74) is 8.72. The first-order valence-corrected chi connectivity index (χ1v) is 8.99. The van der Waals surface area contributed by atoms with Crippen LogP contribution in [-0.2, 0) is 4.74 Å². The Morgan fingerprint density at radius 2 is 2.17 bits per heavy atom. The summed E-state index contributed by atoms with van der Waals surface area (Å²) in [7, 11) is 1.19. The number of nitrogens with two attached hydrogens (primary N) is 1. The molecular weight excluding hydrogens is 398 g/mol. The number of nitrogens with zero attached hydrogens (tertiary/aromatic N) is 3. The number of esters is 1. The molecule has 0 saturated carbocycles. The number of rotatable bonds is 7. The van der Waals surface area contributed by atoms with E-state index in [0.717, 1.165) is 6.07 Å². The van der Waals surface area contributed by atoms with Crippen molar-refractivity contribution < 1.29 is 19.2 Å². The lowest BCUT2D eigenvalue weighted by Gasteiger charge is -2.10. The van der Waals surface area contributed by atoms with Gasteiger partial charge in [0, 0.05) is 17.5 Å². The van der Waals surface area contributed by atoms with Gasteiger partial charge in [-0.25, -0.2) is 9.78 Å². The molecule has 0 aliphatic carbocycles. The van der Waals surface area contributed by atoms with Gasteiger partial charge in [-0.3, -0.25) is 15.5 Å². The summed E-state index contributed by atoms with van der Waals surface area (Å²) in [6, 6.07) is 10.6. The van der Waals surface area contributed by atoms with Crippen LogP contribution in [0.4, 0.5) is 16.6 Å². The van der Waals surface area contributed by atoms with Crippen LogP contribution in [0.25, 0.3) is 0 Å². The first-order chi connectivity index (χ1) is 14.0. The van der Waals surface area contributed by atoms with Crippen LogP contribution < -0.4 is 15.9 Å². The molecule has 11 heteroatoms. The Balaban J connectivity index is 1.79. The zero-order valence-corrected chi connectivity index (χ0v) is 15.9. The highest BCUT2D eigenvalue weighted by Gasteiger charge is 2.19. The third kappa shape index (κ3) is 5.05. The highest BCUT2D eigenvalue weighted by Crippen LogP contribution is 2.29. The third-order valence-electron chi connectivity index (χ3n) is 3.56. The zero-order chi connectivity index (χ0) is 20.8. The molecule has 0 unspecified atom stereocenters. The van der Waals surface area contributed by atoms with Crippen LogP contribution in [0, 0.1) is 10.1 Å². The highest BCUT2D eigenvalue weighted by molar-refractivity contribution is 7.14. The molecule has 0 bridgehead atoms. The molecule has 0 fully saturated rings. The van der Waals surface area contributed by atoms with Crippen molar-refractivity contribution in [2.24, 2.45) is 5.10 Å². The van der Waals surface area contributed by atoms with Crippen molar-refractivity contribution in [3.8, 4) is 11.5 Å². The average Bonchev–Trinajstić information content (AvgIpc) is 3.13. The largest absolute Gasteiger partial charge is 0.465 e. The third-order valence-corrected chi connectivity index (χ3v) is 4.33. The number of carbonyl (C=O) groups is 1. The molecule has 0 saturated heterocycles. The summed E-state index contributed by atoms with van der Waals surface area (Å²) in [6.45, 7) is 0. The van der Waals surface area contributed by atoms with Gasteiger partial charge in [-0.15, -0.1) is 11.3 Å². The van der Waals surface area contributed by atoms with E-state index in [1.165, 1.54) is 30.6 Å². The summed E-state index contributed by atoms with van der Waals surface area (Å²) < 4.78 is 10.4. The molecule has 148 valence electrons. The van der Waals surface area contributed by atoms with Crippen LogP contribution in [0.3, 0.4) is 0 Å². The summed E-state index contributed by atoms with van der Waals surface area (Å²) >= 11 is 1.32. The quantitative estimate of drug-likeness (QED) is 0.259. The second-order valence-corrected chi connectivity index (χ2v) is 6.41. The number of ether oxygens (including phenoxy) is 2. The fraction of sp³-hybridized carbons (Fsp3) is 0.0556. The normalized spacial score (nSPS) is 10.7. The maximum Gasteiger partial charge on any atom is 0.341 e. The molecule has 0 radical (unpaired) electrons. The van der Waals surface area contributed by atoms with Crippen LogP contribution in [0.5, 0.6) is 11.5 Å². The maximum atomic E-state index is 12.0. The molecule has 1 aromatic heterocycles. The van der Waals surface area contributed by atoms with E-state index in [2.05, 4.69) is 20.2 Å². The first kappa shape index (κ1) is 19.8. The lowest BCUT2D eigenvalue weighted by Crippen LogP contribution is -2.05. The minimum Gasteiger partial charge on any atom is -0.465 e. The van der Waals surface area contributed by atoms with Crippen molar-refractivity contribution in [3.05, 3.63) is 69.1 Å². The Hall–Kier alpha value is -3.99. The van der Waals surface area contributed by atoms with E-state index < -0.39 is 10.9 Å². The van der Waals surface area contributed by atoms with E-state index in [1.807, 2.05) is 0 Å². The van der Waals surface area contributed by atoms with E-state index >= 15 is 0 Å². The van der Waals surface area contributed by atoms with E-state index in [0.29, 0.717) is 22.3 Å². The second kappa shape index (κ2) is 8.80. The number of hydrogen-bond donors (Lipinski definition) is 2. The van der Waals surface area contributed by atoms with Gasteiger partial charge in [0.25, 0.3) is 5.69 Å². The van der Waals surface area contributed by atoms with E-state index in [1.54, 1.807) is 35.9 Å². The van der Waals surface area contributed by atoms with E-state index in [-0.39, 0.29) is 17.0 Å². The molecule has 0 aliphatic heterocycles. The fourth-order valence-corrected chi connectivity index (χ4v) is 2.82. The van der Waals surface area contributed by atoms with Gasteiger partial charge in [-0.1, -0.05) is 12.1 Å². The number of anilines is 2. The van der Waals surface area contributed by atoms with E-state index in [4.69, 9.17) is 10.5 Å². The van der Waals surface area contributed by atoms with Gasteiger partial charge in [0.15, 0.2) is 0 Å². The summed E-state index contributed by atoms with van der Waals surface area (Å²) in [5.74, 6) is 0.209. The monoisotopic (exact) mass is 413 g/mol. The lowest BCUT2D eigenvalue weighted by molar-refractivity contribution is -0.384. The number of carbonyl (C=O) groups excluding carboxylic acids is 1. The van der Waals surface area contributed by atoms with Crippen molar-refractivity contribution in [3.63, 3.8) is 0 Å². The molecule has 1 heterocycles. The summed E-state index contributed by atoms with van der Waals surface area (Å²) in [5, 5.41) is 17.3. The number of hydrazone groups is 1. The minimum absolute atomic E-state index is 0.0520. The Kier molecular flexibility index (Phi) is 6.00. The predicted octanol–water partition coefficient (Wildman–Crippen LogP) is 3.66. The molecule has 0 spiro atoms. The van der Waals surface area contributed by atoms with Gasteiger partial charge in [-0.2, -0.15) is 5.10 Å². The first-order valence-electron chi connectivity index (χ1n) is 8.11. The zero-order valence-electron chi connectivity index (χ0n) is 15.1. The number of methoxy groups -OCH3 is 1. The molecule has 3 aromatic rings. The topological polar surface area (TPSA) is 142 Å². The Morgan fingerprint density at radius 3 is 2.86 bits per heavy atom. The Morgan fingerprint density at radius 1 is 1.34 bits per heavy atom. The molecule has 3 rings (SSSR count). The average molecular weight is 413 g/mol. The molecule has 0 amide bonds. The standard InChI is InChI=1S/C18H15N5O5S/c1-27-17(24)14-8-12(23(25)26)5-6-15(14)28-13-4-2-3-11(7-13)9-20-22-18-21-16(19)10-29-18/h2-10H,19H2,1H3,(H,21,22). The molecule has 29 heavy (non-hydrogen) atoms. The molecule has 0 atom stereocenters. The van der Waals surface area contributed by atoms with Crippen molar-refractivity contribution in [2.45, 2.75) is 0 Å². The Bertz CT molecular complexity index is 1080. The molecule has 10 nitrogen and oxygen atoms in total. The van der Waals surface area contributed by atoms with Crippen molar-refractivity contribution in [2.75, 3.05) is 18.3 Å². The van der Waals surface area contributed by atoms with Crippen LogP contribution in [-0.4, -0.2) is 29.2 Å². The number of hydrogen-bond acceptors (Lipinski definition) is 10. The molecule has 0 aliphatic rings. The summed E-state index contributed by atoms with van der Waals surface area (Å²) in [4.78, 5) is 26.4. The lowest BCUT2D eigenvalue weighted by atomic mass is 10.1. The number of aromatic nitrogens is 1. The SMILES string of the molecule is COC(=O)c1cc([N+](=O)[O-])ccc1Oc1cccc(C=NNc2nc(N)cs2)c1. The number of nitrogens with one attached hydrogen (secondary N) is 1. The van der Waals surface area contributed by atoms with Crippen LogP contribution in [0.1, 0.15) is 15.9 Å². The van der Waals surface area contributed by atoms with Crippen molar-refractivity contribution in [1.82, 2.24) is 4.98 Å². The van der Waals surface area contributed by atoms with Crippen molar-refractivity contribution in [1.29, 1.82) is 0 Å². The fourth-order valence-electron chi connectivity index (χ4n) is 2.27.